The molecule has 1 heterocycles. The predicted octanol–water partition coefficient (Wildman–Crippen LogP) is 2.78. The number of aliphatic hydroxyl groups excluding tert-OH is 1. The van der Waals surface area contributed by atoms with Gasteiger partial charge in [0, 0.05) is 17.2 Å². The van der Waals surface area contributed by atoms with Gasteiger partial charge >= 0.3 is 0 Å². The van der Waals surface area contributed by atoms with E-state index in [1.54, 1.807) is 18.2 Å². The van der Waals surface area contributed by atoms with E-state index >= 15 is 0 Å². The minimum atomic E-state index is -0.0680. The molecule has 2 rings (SSSR count). The van der Waals surface area contributed by atoms with Crippen molar-refractivity contribution in [3.8, 4) is 5.75 Å². The summed E-state index contributed by atoms with van der Waals surface area (Å²) in [5, 5.41) is 9.82. The minimum Gasteiger partial charge on any atom is -0.491 e. The van der Waals surface area contributed by atoms with Gasteiger partial charge in [0.15, 0.2) is 0 Å². The summed E-state index contributed by atoms with van der Waals surface area (Å²) >= 11 is 5.85. The van der Waals surface area contributed by atoms with E-state index in [9.17, 15) is 5.11 Å². The summed E-state index contributed by atoms with van der Waals surface area (Å²) in [4.78, 5) is 0. The summed E-state index contributed by atoms with van der Waals surface area (Å²) in [5.41, 5.74) is 0.716. The van der Waals surface area contributed by atoms with Crippen LogP contribution in [0.5, 0.6) is 5.75 Å². The molecule has 0 aromatic heterocycles. The van der Waals surface area contributed by atoms with Crippen LogP contribution in [0.2, 0.25) is 5.02 Å². The molecule has 0 saturated carbocycles. The molecule has 4 heteroatoms. The fraction of sp³-hybridized carbons (Fsp3) is 0.538. The lowest BCUT2D eigenvalue weighted by Crippen LogP contribution is -2.26. The summed E-state index contributed by atoms with van der Waals surface area (Å²) in [7, 11) is 0. The zero-order valence-electron chi connectivity index (χ0n) is 9.69. The maximum absolute atomic E-state index is 9.21. The van der Waals surface area contributed by atoms with Gasteiger partial charge in [-0.25, -0.2) is 0 Å². The van der Waals surface area contributed by atoms with Gasteiger partial charge in [0.05, 0.1) is 12.7 Å². The molecular weight excluding hydrogens is 240 g/mol. The molecule has 1 aliphatic rings. The van der Waals surface area contributed by atoms with Gasteiger partial charge in [-0.3, -0.25) is 0 Å². The van der Waals surface area contributed by atoms with E-state index in [1.807, 2.05) is 0 Å². The van der Waals surface area contributed by atoms with Crippen molar-refractivity contribution < 1.29 is 14.6 Å². The second kappa shape index (κ2) is 6.24. The number of halogens is 1. The smallest absolute Gasteiger partial charge is 0.125 e. The van der Waals surface area contributed by atoms with Crippen molar-refractivity contribution in [2.45, 2.75) is 32.0 Å². The molecule has 1 aromatic rings. The fourth-order valence-corrected chi connectivity index (χ4v) is 2.13. The van der Waals surface area contributed by atoms with Crippen molar-refractivity contribution in [2.75, 3.05) is 13.2 Å². The third-order valence-corrected chi connectivity index (χ3v) is 3.13. The van der Waals surface area contributed by atoms with E-state index in [0.717, 1.165) is 19.4 Å². The zero-order chi connectivity index (χ0) is 12.1. The number of aliphatic hydroxyl groups is 1. The third kappa shape index (κ3) is 3.60. The quantitative estimate of drug-likeness (QED) is 0.900. The number of ether oxygens (including phenoxy) is 2. The van der Waals surface area contributed by atoms with Crippen LogP contribution in [0.4, 0.5) is 0 Å². The van der Waals surface area contributed by atoms with E-state index in [2.05, 4.69) is 0 Å². The summed E-state index contributed by atoms with van der Waals surface area (Å²) < 4.78 is 11.3. The minimum absolute atomic E-state index is 0.0680. The average molecular weight is 257 g/mol. The van der Waals surface area contributed by atoms with E-state index in [-0.39, 0.29) is 12.7 Å². The molecule has 0 radical (unpaired) electrons. The van der Waals surface area contributed by atoms with Gasteiger partial charge in [0.25, 0.3) is 0 Å². The summed E-state index contributed by atoms with van der Waals surface area (Å²) in [5.74, 6) is 0.686. The molecule has 94 valence electrons. The Hall–Kier alpha value is -0.770. The summed E-state index contributed by atoms with van der Waals surface area (Å²) in [6.45, 7) is 1.29. The molecule has 0 bridgehead atoms. The van der Waals surface area contributed by atoms with Crippen molar-refractivity contribution in [1.82, 2.24) is 0 Å². The standard InChI is InChI=1S/C13H17ClO3/c14-11-4-5-13(10(7-11)8-15)17-9-12-3-1-2-6-16-12/h4-5,7,12,15H,1-3,6,8-9H2. The molecule has 0 spiro atoms. The predicted molar refractivity (Wildman–Crippen MR) is 66.5 cm³/mol. The first-order chi connectivity index (χ1) is 8.29. The maximum atomic E-state index is 9.21. The van der Waals surface area contributed by atoms with Gasteiger partial charge in [-0.2, -0.15) is 0 Å². The topological polar surface area (TPSA) is 38.7 Å². The highest BCUT2D eigenvalue weighted by Crippen LogP contribution is 2.24. The van der Waals surface area contributed by atoms with Crippen LogP contribution in [0.15, 0.2) is 18.2 Å². The van der Waals surface area contributed by atoms with Crippen LogP contribution in [-0.2, 0) is 11.3 Å². The van der Waals surface area contributed by atoms with E-state index in [1.165, 1.54) is 6.42 Å². The Morgan fingerprint density at radius 2 is 2.29 bits per heavy atom. The van der Waals surface area contributed by atoms with Crippen molar-refractivity contribution in [2.24, 2.45) is 0 Å². The Labute approximate surface area is 106 Å². The van der Waals surface area contributed by atoms with Crippen molar-refractivity contribution in [3.63, 3.8) is 0 Å². The number of hydrogen-bond acceptors (Lipinski definition) is 3. The second-order valence-corrected chi connectivity index (χ2v) is 4.65. The SMILES string of the molecule is OCc1cc(Cl)ccc1OCC1CCCCO1. The number of benzene rings is 1. The Bertz CT molecular complexity index is 362. The molecule has 1 aromatic carbocycles. The fourth-order valence-electron chi connectivity index (χ4n) is 1.93. The number of hydrogen-bond donors (Lipinski definition) is 1. The van der Waals surface area contributed by atoms with Crippen LogP contribution in [-0.4, -0.2) is 24.4 Å². The van der Waals surface area contributed by atoms with Gasteiger partial charge in [0.1, 0.15) is 12.4 Å². The van der Waals surface area contributed by atoms with Crippen molar-refractivity contribution >= 4 is 11.6 Å². The highest BCUT2D eigenvalue weighted by molar-refractivity contribution is 6.30. The summed E-state index contributed by atoms with van der Waals surface area (Å²) in [6.07, 6.45) is 3.55. The Kier molecular flexibility index (Phi) is 4.66. The van der Waals surface area contributed by atoms with Crippen molar-refractivity contribution in [1.29, 1.82) is 0 Å². The molecule has 1 aliphatic heterocycles. The third-order valence-electron chi connectivity index (χ3n) is 2.89. The maximum Gasteiger partial charge on any atom is 0.125 e. The molecule has 1 unspecified atom stereocenters. The highest BCUT2D eigenvalue weighted by Gasteiger charge is 2.15. The summed E-state index contributed by atoms with van der Waals surface area (Å²) in [6, 6.07) is 5.27. The molecule has 0 amide bonds. The Morgan fingerprint density at radius 1 is 1.41 bits per heavy atom. The van der Waals surface area contributed by atoms with Crippen LogP contribution in [0, 0.1) is 0 Å². The van der Waals surface area contributed by atoms with Crippen LogP contribution in [0.1, 0.15) is 24.8 Å². The van der Waals surface area contributed by atoms with Gasteiger partial charge in [0.2, 0.25) is 0 Å². The average Bonchev–Trinajstić information content (AvgIpc) is 2.38. The van der Waals surface area contributed by atoms with Crippen LogP contribution in [0.3, 0.4) is 0 Å². The lowest BCUT2D eigenvalue weighted by molar-refractivity contribution is -0.0114. The normalized spacial score (nSPS) is 20.2. The van der Waals surface area contributed by atoms with Crippen molar-refractivity contribution in [3.05, 3.63) is 28.8 Å². The van der Waals surface area contributed by atoms with E-state index in [4.69, 9.17) is 21.1 Å². The molecule has 3 nitrogen and oxygen atoms in total. The van der Waals surface area contributed by atoms with Crippen LogP contribution < -0.4 is 4.74 Å². The second-order valence-electron chi connectivity index (χ2n) is 4.21. The van der Waals surface area contributed by atoms with Gasteiger partial charge < -0.3 is 14.6 Å². The molecule has 1 fully saturated rings. The molecule has 1 N–H and O–H groups in total. The molecule has 1 saturated heterocycles. The molecular formula is C13H17ClO3. The van der Waals surface area contributed by atoms with E-state index < -0.39 is 0 Å². The largest absolute Gasteiger partial charge is 0.491 e. The molecule has 0 aliphatic carbocycles. The Morgan fingerprint density at radius 3 is 3.00 bits per heavy atom. The first-order valence-corrected chi connectivity index (χ1v) is 6.31. The van der Waals surface area contributed by atoms with Crippen LogP contribution in [0.25, 0.3) is 0 Å². The lowest BCUT2D eigenvalue weighted by Gasteiger charge is -2.23. The number of rotatable bonds is 4. The van der Waals surface area contributed by atoms with Gasteiger partial charge in [-0.15, -0.1) is 0 Å². The first-order valence-electron chi connectivity index (χ1n) is 5.93. The first kappa shape index (κ1) is 12.7. The molecule has 1 atom stereocenters. The lowest BCUT2D eigenvalue weighted by atomic mass is 10.1. The van der Waals surface area contributed by atoms with Gasteiger partial charge in [-0.1, -0.05) is 11.6 Å². The molecule has 17 heavy (non-hydrogen) atoms. The van der Waals surface area contributed by atoms with Gasteiger partial charge in [-0.05, 0) is 37.5 Å². The van der Waals surface area contributed by atoms with Crippen LogP contribution >= 0.6 is 11.6 Å². The highest BCUT2D eigenvalue weighted by atomic mass is 35.5. The monoisotopic (exact) mass is 256 g/mol. The zero-order valence-corrected chi connectivity index (χ0v) is 10.4. The Balaban J connectivity index is 1.93. The van der Waals surface area contributed by atoms with E-state index in [0.29, 0.717) is 22.9 Å².